The molecule has 0 unspecified atom stereocenters. The van der Waals surface area contributed by atoms with Gasteiger partial charge in [-0.3, -0.25) is 20.4 Å². The summed E-state index contributed by atoms with van der Waals surface area (Å²) in [6.45, 7) is 0. The quantitative estimate of drug-likeness (QED) is 0.710. The van der Waals surface area contributed by atoms with Gasteiger partial charge in [-0.2, -0.15) is 0 Å². The van der Waals surface area contributed by atoms with Crippen molar-refractivity contribution >= 4 is 22.6 Å². The molecule has 6 heteroatoms. The average Bonchev–Trinajstić information content (AvgIpc) is 2.66. The van der Waals surface area contributed by atoms with Crippen molar-refractivity contribution in [1.82, 2.24) is 10.9 Å². The molecule has 132 valence electrons. The lowest BCUT2D eigenvalue weighted by atomic mass is 10.0. The SMILES string of the molecule is COc1ccc(F)cc1C(=O)NNC(=O)Cc1cccc2ccccc12. The van der Waals surface area contributed by atoms with E-state index in [9.17, 15) is 14.0 Å². The number of hydrazine groups is 1. The molecule has 0 radical (unpaired) electrons. The van der Waals surface area contributed by atoms with E-state index in [0.29, 0.717) is 0 Å². The van der Waals surface area contributed by atoms with Gasteiger partial charge in [-0.05, 0) is 34.5 Å². The Hall–Kier alpha value is -3.41. The molecule has 0 fully saturated rings. The second kappa shape index (κ2) is 7.65. The fourth-order valence-corrected chi connectivity index (χ4v) is 2.72. The van der Waals surface area contributed by atoms with Crippen LogP contribution in [-0.2, 0) is 11.2 Å². The van der Waals surface area contributed by atoms with Crippen molar-refractivity contribution in [1.29, 1.82) is 0 Å². The number of benzene rings is 3. The maximum Gasteiger partial charge on any atom is 0.273 e. The second-order valence-corrected chi connectivity index (χ2v) is 5.66. The molecule has 0 aliphatic heterocycles. The molecule has 0 saturated heterocycles. The Morgan fingerprint density at radius 3 is 2.58 bits per heavy atom. The number of carbonyl (C=O) groups excluding carboxylic acids is 2. The van der Waals surface area contributed by atoms with Crippen LogP contribution in [-0.4, -0.2) is 18.9 Å². The third-order valence-corrected chi connectivity index (χ3v) is 3.95. The molecule has 0 spiro atoms. The first kappa shape index (κ1) is 17.4. The van der Waals surface area contributed by atoms with Gasteiger partial charge in [0.2, 0.25) is 5.91 Å². The van der Waals surface area contributed by atoms with E-state index in [2.05, 4.69) is 10.9 Å². The summed E-state index contributed by atoms with van der Waals surface area (Å²) < 4.78 is 18.4. The summed E-state index contributed by atoms with van der Waals surface area (Å²) in [6, 6.07) is 17.0. The second-order valence-electron chi connectivity index (χ2n) is 5.66. The van der Waals surface area contributed by atoms with Gasteiger partial charge in [-0.1, -0.05) is 42.5 Å². The summed E-state index contributed by atoms with van der Waals surface area (Å²) >= 11 is 0. The predicted octanol–water partition coefficient (Wildman–Crippen LogP) is 2.99. The highest BCUT2D eigenvalue weighted by atomic mass is 19.1. The van der Waals surface area contributed by atoms with E-state index in [0.717, 1.165) is 22.4 Å². The van der Waals surface area contributed by atoms with E-state index < -0.39 is 11.7 Å². The summed E-state index contributed by atoms with van der Waals surface area (Å²) in [6.07, 6.45) is 0.0991. The smallest absolute Gasteiger partial charge is 0.273 e. The molecule has 0 saturated carbocycles. The Morgan fingerprint density at radius 2 is 1.77 bits per heavy atom. The van der Waals surface area contributed by atoms with Crippen LogP contribution in [0.3, 0.4) is 0 Å². The van der Waals surface area contributed by atoms with Gasteiger partial charge in [0.05, 0.1) is 19.1 Å². The maximum absolute atomic E-state index is 13.4. The Labute approximate surface area is 149 Å². The summed E-state index contributed by atoms with van der Waals surface area (Å²) in [5, 5.41) is 2.01. The highest BCUT2D eigenvalue weighted by Crippen LogP contribution is 2.20. The van der Waals surface area contributed by atoms with E-state index in [1.165, 1.54) is 19.2 Å². The van der Waals surface area contributed by atoms with Gasteiger partial charge in [0, 0.05) is 0 Å². The molecule has 0 aliphatic rings. The number of nitrogens with one attached hydrogen (secondary N) is 2. The van der Waals surface area contributed by atoms with Crippen LogP contribution in [0.5, 0.6) is 5.75 Å². The lowest BCUT2D eigenvalue weighted by molar-refractivity contribution is -0.121. The first-order valence-electron chi connectivity index (χ1n) is 7.98. The highest BCUT2D eigenvalue weighted by molar-refractivity contribution is 5.98. The van der Waals surface area contributed by atoms with Crippen molar-refractivity contribution in [3.05, 3.63) is 77.6 Å². The van der Waals surface area contributed by atoms with E-state index in [1.807, 2.05) is 42.5 Å². The molecule has 3 rings (SSSR count). The van der Waals surface area contributed by atoms with E-state index in [4.69, 9.17) is 4.74 Å². The van der Waals surface area contributed by atoms with Crippen molar-refractivity contribution in [3.63, 3.8) is 0 Å². The van der Waals surface area contributed by atoms with Gasteiger partial charge >= 0.3 is 0 Å². The largest absolute Gasteiger partial charge is 0.496 e. The van der Waals surface area contributed by atoms with Crippen LogP contribution in [0.1, 0.15) is 15.9 Å². The lowest BCUT2D eigenvalue weighted by Crippen LogP contribution is -2.42. The Kier molecular flexibility index (Phi) is 5.12. The minimum Gasteiger partial charge on any atom is -0.496 e. The molecule has 2 amide bonds. The number of methoxy groups -OCH3 is 1. The predicted molar refractivity (Wildman–Crippen MR) is 96.2 cm³/mol. The number of halogens is 1. The number of amides is 2. The summed E-state index contributed by atoms with van der Waals surface area (Å²) in [7, 11) is 1.38. The lowest BCUT2D eigenvalue weighted by Gasteiger charge is -2.11. The summed E-state index contributed by atoms with van der Waals surface area (Å²) in [5.41, 5.74) is 5.48. The molecule has 0 aliphatic carbocycles. The van der Waals surface area contributed by atoms with Crippen molar-refractivity contribution in [2.24, 2.45) is 0 Å². The Morgan fingerprint density at radius 1 is 1.00 bits per heavy atom. The van der Waals surface area contributed by atoms with Gasteiger partial charge in [0.1, 0.15) is 11.6 Å². The molecule has 0 bridgehead atoms. The molecule has 5 nitrogen and oxygen atoms in total. The standard InChI is InChI=1S/C20H17FN2O3/c1-26-18-10-9-15(21)12-17(18)20(25)23-22-19(24)11-14-7-4-6-13-5-2-3-8-16(13)14/h2-10,12H,11H2,1H3,(H,22,24)(H,23,25). The van der Waals surface area contributed by atoms with Crippen molar-refractivity contribution in [2.45, 2.75) is 6.42 Å². The fourth-order valence-electron chi connectivity index (χ4n) is 2.72. The van der Waals surface area contributed by atoms with Crippen LogP contribution < -0.4 is 15.6 Å². The molecular weight excluding hydrogens is 335 g/mol. The van der Waals surface area contributed by atoms with Crippen molar-refractivity contribution in [2.75, 3.05) is 7.11 Å². The zero-order chi connectivity index (χ0) is 18.5. The Bertz CT molecular complexity index is 967. The molecule has 26 heavy (non-hydrogen) atoms. The molecular formula is C20H17FN2O3. The van der Waals surface area contributed by atoms with E-state index >= 15 is 0 Å². The van der Waals surface area contributed by atoms with E-state index in [1.54, 1.807) is 0 Å². The third-order valence-electron chi connectivity index (χ3n) is 3.95. The average molecular weight is 352 g/mol. The number of ether oxygens (including phenoxy) is 1. The first-order valence-corrected chi connectivity index (χ1v) is 7.98. The molecule has 0 aromatic heterocycles. The zero-order valence-electron chi connectivity index (χ0n) is 14.1. The summed E-state index contributed by atoms with van der Waals surface area (Å²) in [5.74, 6) is -1.40. The van der Waals surface area contributed by atoms with Crippen LogP contribution in [0, 0.1) is 5.82 Å². The van der Waals surface area contributed by atoms with Crippen LogP contribution in [0.25, 0.3) is 10.8 Å². The fraction of sp³-hybridized carbons (Fsp3) is 0.100. The molecule has 3 aromatic rings. The zero-order valence-corrected chi connectivity index (χ0v) is 14.1. The number of rotatable bonds is 4. The van der Waals surface area contributed by atoms with Crippen LogP contribution in [0.15, 0.2) is 60.7 Å². The number of carbonyl (C=O) groups is 2. The first-order chi connectivity index (χ1) is 12.6. The van der Waals surface area contributed by atoms with E-state index in [-0.39, 0.29) is 23.6 Å². The molecule has 0 atom stereocenters. The van der Waals surface area contributed by atoms with Gasteiger partial charge in [-0.15, -0.1) is 0 Å². The number of fused-ring (bicyclic) bond motifs is 1. The van der Waals surface area contributed by atoms with Gasteiger partial charge in [0.15, 0.2) is 0 Å². The number of hydrogen-bond acceptors (Lipinski definition) is 3. The number of hydrogen-bond donors (Lipinski definition) is 2. The van der Waals surface area contributed by atoms with Crippen LogP contribution in [0.2, 0.25) is 0 Å². The monoisotopic (exact) mass is 352 g/mol. The maximum atomic E-state index is 13.4. The minimum absolute atomic E-state index is 0.00189. The topological polar surface area (TPSA) is 67.4 Å². The van der Waals surface area contributed by atoms with Gasteiger partial charge in [-0.25, -0.2) is 4.39 Å². The van der Waals surface area contributed by atoms with Gasteiger partial charge < -0.3 is 4.74 Å². The van der Waals surface area contributed by atoms with Gasteiger partial charge in [0.25, 0.3) is 5.91 Å². The van der Waals surface area contributed by atoms with Crippen LogP contribution >= 0.6 is 0 Å². The highest BCUT2D eigenvalue weighted by Gasteiger charge is 2.14. The Balaban J connectivity index is 1.67. The molecule has 3 aromatic carbocycles. The van der Waals surface area contributed by atoms with Crippen molar-refractivity contribution < 1.29 is 18.7 Å². The van der Waals surface area contributed by atoms with Crippen molar-refractivity contribution in [3.8, 4) is 5.75 Å². The third kappa shape index (κ3) is 3.80. The normalized spacial score (nSPS) is 10.4. The van der Waals surface area contributed by atoms with Crippen LogP contribution in [0.4, 0.5) is 4.39 Å². The summed E-state index contributed by atoms with van der Waals surface area (Å²) in [4.78, 5) is 24.4. The molecule has 0 heterocycles. The molecule has 2 N–H and O–H groups in total. The minimum atomic E-state index is -0.660.